The van der Waals surface area contributed by atoms with E-state index >= 15 is 0 Å². The van der Waals surface area contributed by atoms with E-state index in [9.17, 15) is 13.2 Å². The van der Waals surface area contributed by atoms with Crippen LogP contribution in [0.25, 0.3) is 0 Å². The van der Waals surface area contributed by atoms with Crippen LogP contribution in [0.3, 0.4) is 0 Å². The quantitative estimate of drug-likeness (QED) is 0.838. The maximum absolute atomic E-state index is 11.5. The predicted octanol–water partition coefficient (Wildman–Crippen LogP) is 2.98. The van der Waals surface area contributed by atoms with Gasteiger partial charge in [0.2, 0.25) is 10.0 Å². The van der Waals surface area contributed by atoms with Crippen molar-refractivity contribution in [3.8, 4) is 0 Å². The third kappa shape index (κ3) is 4.65. The summed E-state index contributed by atoms with van der Waals surface area (Å²) in [6.45, 7) is 1.77. The zero-order valence-corrected chi connectivity index (χ0v) is 12.2. The van der Waals surface area contributed by atoms with Gasteiger partial charge in [-0.2, -0.15) is 0 Å². The molecular weight excluding hydrogens is 330 g/mol. The number of hydrogen-bond donors (Lipinski definition) is 1. The number of carbonyl (C=O) groups excluding carboxylic acids is 1. The molecule has 94 valence electrons. The molecule has 0 radical (unpaired) electrons. The Kier molecular flexibility index (Phi) is 4.97. The molecule has 0 unspecified atom stereocenters. The molecule has 0 saturated heterocycles. The first-order chi connectivity index (χ1) is 7.84. The molecule has 1 aromatic rings. The molecule has 0 bridgehead atoms. The summed E-state index contributed by atoms with van der Waals surface area (Å²) in [6, 6.07) is 4.48. The lowest BCUT2D eigenvalue weighted by atomic mass is 10.2. The highest BCUT2D eigenvalue weighted by atomic mass is 79.9. The van der Waals surface area contributed by atoms with Crippen molar-refractivity contribution >= 4 is 48.5 Å². The zero-order chi connectivity index (χ0) is 13.1. The second-order valence-corrected chi connectivity index (χ2v) is 6.52. The van der Waals surface area contributed by atoms with E-state index in [1.807, 2.05) is 0 Å². The van der Waals surface area contributed by atoms with Gasteiger partial charge in [-0.1, -0.05) is 22.9 Å². The van der Waals surface area contributed by atoms with Gasteiger partial charge in [0.15, 0.2) is 0 Å². The second kappa shape index (κ2) is 5.84. The first-order valence-corrected chi connectivity index (χ1v) is 7.67. The Labute approximate surface area is 114 Å². The van der Waals surface area contributed by atoms with Crippen LogP contribution in [0.4, 0.5) is 5.69 Å². The molecule has 0 atom stereocenters. The van der Waals surface area contributed by atoms with Gasteiger partial charge >= 0.3 is 0 Å². The number of benzene rings is 1. The average Bonchev–Trinajstić information content (AvgIpc) is 2.15. The number of halogens is 2. The van der Waals surface area contributed by atoms with Crippen LogP contribution in [0.5, 0.6) is 0 Å². The lowest BCUT2D eigenvalue weighted by Gasteiger charge is -2.08. The Balaban J connectivity index is 3.03. The highest BCUT2D eigenvalue weighted by Gasteiger charge is 2.11. The van der Waals surface area contributed by atoms with Gasteiger partial charge in [-0.15, -0.1) is 0 Å². The third-order valence-corrected chi connectivity index (χ3v) is 4.04. The van der Waals surface area contributed by atoms with Crippen molar-refractivity contribution in [2.75, 3.05) is 10.5 Å². The van der Waals surface area contributed by atoms with E-state index in [2.05, 4.69) is 20.7 Å². The standard InChI is InChI=1S/C10H11BrClNO3S/c1-2-3-17(15,16)13-9-5-7(10(12)14)4-8(11)6-9/h4-6,13H,2-3H2,1H3. The van der Waals surface area contributed by atoms with Gasteiger partial charge in [-0.3, -0.25) is 9.52 Å². The highest BCUT2D eigenvalue weighted by Crippen LogP contribution is 2.21. The first-order valence-electron chi connectivity index (χ1n) is 4.85. The van der Waals surface area contributed by atoms with Crippen LogP contribution in [0, 0.1) is 0 Å². The van der Waals surface area contributed by atoms with Crippen molar-refractivity contribution in [1.82, 2.24) is 0 Å². The van der Waals surface area contributed by atoms with E-state index in [-0.39, 0.29) is 11.3 Å². The largest absolute Gasteiger partial charge is 0.283 e. The van der Waals surface area contributed by atoms with Crippen LogP contribution in [-0.2, 0) is 10.0 Å². The van der Waals surface area contributed by atoms with Crippen molar-refractivity contribution < 1.29 is 13.2 Å². The van der Waals surface area contributed by atoms with Crippen molar-refractivity contribution in [3.05, 3.63) is 28.2 Å². The monoisotopic (exact) mass is 339 g/mol. The van der Waals surface area contributed by atoms with E-state index in [0.29, 0.717) is 16.6 Å². The molecular formula is C10H11BrClNO3S. The van der Waals surface area contributed by atoms with Crippen LogP contribution in [0.2, 0.25) is 0 Å². The van der Waals surface area contributed by atoms with Crippen molar-refractivity contribution in [3.63, 3.8) is 0 Å². The van der Waals surface area contributed by atoms with E-state index in [1.165, 1.54) is 12.1 Å². The minimum atomic E-state index is -3.37. The summed E-state index contributed by atoms with van der Waals surface area (Å²) in [5.41, 5.74) is 0.548. The topological polar surface area (TPSA) is 63.2 Å². The molecule has 7 heteroatoms. The Morgan fingerprint density at radius 3 is 2.59 bits per heavy atom. The molecule has 0 aliphatic rings. The lowest BCUT2D eigenvalue weighted by molar-refractivity contribution is 0.108. The van der Waals surface area contributed by atoms with E-state index in [1.54, 1.807) is 13.0 Å². The Morgan fingerprint density at radius 2 is 2.06 bits per heavy atom. The van der Waals surface area contributed by atoms with Gasteiger partial charge in [0, 0.05) is 10.0 Å². The highest BCUT2D eigenvalue weighted by molar-refractivity contribution is 9.10. The summed E-state index contributed by atoms with van der Waals surface area (Å²) in [5.74, 6) is 0.0314. The average molecular weight is 341 g/mol. The van der Waals surface area contributed by atoms with Crippen LogP contribution in [0.1, 0.15) is 23.7 Å². The predicted molar refractivity (Wildman–Crippen MR) is 72.0 cm³/mol. The number of anilines is 1. The molecule has 0 fully saturated rings. The summed E-state index contributed by atoms with van der Waals surface area (Å²) < 4.78 is 26.1. The molecule has 0 heterocycles. The number of hydrogen-bond acceptors (Lipinski definition) is 3. The van der Waals surface area contributed by atoms with Gasteiger partial charge in [0.1, 0.15) is 0 Å². The molecule has 4 nitrogen and oxygen atoms in total. The second-order valence-electron chi connectivity index (χ2n) is 3.42. The number of sulfonamides is 1. The van der Waals surface area contributed by atoms with E-state index < -0.39 is 15.3 Å². The fourth-order valence-electron chi connectivity index (χ4n) is 1.26. The fraction of sp³-hybridized carbons (Fsp3) is 0.300. The Morgan fingerprint density at radius 1 is 1.41 bits per heavy atom. The van der Waals surface area contributed by atoms with Gasteiger partial charge in [-0.25, -0.2) is 8.42 Å². The van der Waals surface area contributed by atoms with Crippen molar-refractivity contribution in [2.45, 2.75) is 13.3 Å². The van der Waals surface area contributed by atoms with Crippen LogP contribution >= 0.6 is 27.5 Å². The normalized spacial score (nSPS) is 11.2. The molecule has 17 heavy (non-hydrogen) atoms. The van der Waals surface area contributed by atoms with Crippen molar-refractivity contribution in [2.24, 2.45) is 0 Å². The minimum Gasteiger partial charge on any atom is -0.283 e. The summed E-state index contributed by atoms with van der Waals surface area (Å²) in [5, 5.41) is -0.637. The summed E-state index contributed by atoms with van der Waals surface area (Å²) >= 11 is 8.52. The fourth-order valence-corrected chi connectivity index (χ4v) is 2.98. The van der Waals surface area contributed by atoms with Gasteiger partial charge in [0.05, 0.1) is 11.4 Å². The van der Waals surface area contributed by atoms with Crippen LogP contribution in [0.15, 0.2) is 22.7 Å². The third-order valence-electron chi connectivity index (χ3n) is 1.87. The van der Waals surface area contributed by atoms with Gasteiger partial charge in [-0.05, 0) is 36.2 Å². The smallest absolute Gasteiger partial charge is 0.252 e. The zero-order valence-electron chi connectivity index (χ0n) is 9.04. The number of carbonyl (C=O) groups is 1. The number of rotatable bonds is 5. The Hall–Kier alpha value is -0.590. The van der Waals surface area contributed by atoms with Crippen LogP contribution < -0.4 is 4.72 Å². The number of nitrogens with one attached hydrogen (secondary N) is 1. The van der Waals surface area contributed by atoms with Crippen molar-refractivity contribution in [1.29, 1.82) is 0 Å². The minimum absolute atomic E-state index is 0.0314. The maximum Gasteiger partial charge on any atom is 0.252 e. The summed E-state index contributed by atoms with van der Waals surface area (Å²) in [4.78, 5) is 11.0. The van der Waals surface area contributed by atoms with E-state index in [4.69, 9.17) is 11.6 Å². The molecule has 0 aliphatic heterocycles. The summed E-state index contributed by atoms with van der Waals surface area (Å²) in [7, 11) is -3.37. The first kappa shape index (κ1) is 14.5. The summed E-state index contributed by atoms with van der Waals surface area (Å²) in [6.07, 6.45) is 0.518. The van der Waals surface area contributed by atoms with Gasteiger partial charge < -0.3 is 0 Å². The Bertz CT molecular complexity index is 530. The SMILES string of the molecule is CCCS(=O)(=O)Nc1cc(Br)cc(C(=O)Cl)c1. The molecule has 1 rings (SSSR count). The molecule has 1 aromatic carbocycles. The molecule has 0 aliphatic carbocycles. The maximum atomic E-state index is 11.5. The lowest BCUT2D eigenvalue weighted by Crippen LogP contribution is -2.16. The van der Waals surface area contributed by atoms with Gasteiger partial charge in [0.25, 0.3) is 5.24 Å². The molecule has 0 aromatic heterocycles. The van der Waals surface area contributed by atoms with E-state index in [0.717, 1.165) is 0 Å². The molecule has 0 spiro atoms. The molecule has 1 N–H and O–H groups in total. The molecule has 0 amide bonds. The molecule has 0 saturated carbocycles. The van der Waals surface area contributed by atoms with Crippen LogP contribution in [-0.4, -0.2) is 19.4 Å².